The Bertz CT molecular complexity index is 4540. The van der Waals surface area contributed by atoms with E-state index in [0.717, 1.165) is 0 Å². The molecule has 0 radical (unpaired) electrons. The van der Waals surface area contributed by atoms with Crippen molar-refractivity contribution in [3.8, 4) is 28.7 Å². The van der Waals surface area contributed by atoms with Gasteiger partial charge in [-0.25, -0.2) is 0 Å². The Balaban J connectivity index is 0.000000138. The molecule has 7 N–H and O–H groups in total. The maximum absolute atomic E-state index is 12.5. The molecule has 14 aromatic rings. The van der Waals surface area contributed by atoms with E-state index in [2.05, 4.69) is 235 Å². The molecule has 0 atom stereocenters. The van der Waals surface area contributed by atoms with Crippen molar-refractivity contribution in [1.82, 2.24) is 0 Å². The lowest BCUT2D eigenvalue weighted by Crippen LogP contribution is -2.38. The van der Waals surface area contributed by atoms with Gasteiger partial charge in [-0.15, -0.1) is 0 Å². The molecule has 0 heterocycles. The Morgan fingerprint density at radius 1 is 0.223 bits per heavy atom. The molecule has 0 aliphatic rings. The van der Waals surface area contributed by atoms with Gasteiger partial charge in [0.25, 0.3) is 11.8 Å². The Hall–Kier alpha value is -12.8. The fraction of sp³-hybridized carbons (Fsp3) is 0.0222. The predicted molar refractivity (Wildman–Crippen MR) is 421 cm³/mol. The lowest BCUT2D eigenvalue weighted by molar-refractivity contribution is 0.0981. The van der Waals surface area contributed by atoms with Crippen molar-refractivity contribution in [2.24, 2.45) is 0 Å². The zero-order valence-corrected chi connectivity index (χ0v) is 57.8. The minimum Gasteiger partial charge on any atom is -0.508 e. The van der Waals surface area contributed by atoms with Gasteiger partial charge in [0.15, 0.2) is 11.6 Å². The minimum absolute atomic E-state index is 0.0226. The molecular formula is C90H74N2O9P2+2. The van der Waals surface area contributed by atoms with Crippen LogP contribution in [0.2, 0.25) is 0 Å². The molecule has 0 aliphatic heterocycles. The van der Waals surface area contributed by atoms with E-state index < -0.39 is 26.3 Å². The van der Waals surface area contributed by atoms with Crippen molar-refractivity contribution in [1.29, 1.82) is 0 Å². The zero-order chi connectivity index (χ0) is 71.8. The number of benzene rings is 14. The van der Waals surface area contributed by atoms with Gasteiger partial charge in [0.05, 0.1) is 22.3 Å². The lowest BCUT2D eigenvalue weighted by atomic mass is 10.0. The van der Waals surface area contributed by atoms with E-state index in [4.69, 9.17) is 0 Å². The molecule has 0 unspecified atom stereocenters. The van der Waals surface area contributed by atoms with E-state index in [1.807, 2.05) is 0 Å². The number of amides is 2. The van der Waals surface area contributed by atoms with E-state index in [-0.39, 0.29) is 69.7 Å². The zero-order valence-electron chi connectivity index (χ0n) is 56.1. The van der Waals surface area contributed by atoms with Crippen molar-refractivity contribution in [2.75, 3.05) is 10.6 Å². The molecule has 0 spiro atoms. The summed E-state index contributed by atoms with van der Waals surface area (Å²) in [7, 11) is -3.94. The number of phenols is 5. The number of hydrogen-bond acceptors (Lipinski definition) is 9. The number of anilines is 2. The van der Waals surface area contributed by atoms with Gasteiger partial charge >= 0.3 is 0 Å². The number of phenolic OH excluding ortho intramolecular Hbond substituents is 5. The van der Waals surface area contributed by atoms with Crippen LogP contribution in [-0.4, -0.2) is 48.9 Å². The second-order valence-corrected chi connectivity index (χ2v) is 30.5. The molecule has 0 saturated carbocycles. The molecule has 0 bridgehead atoms. The van der Waals surface area contributed by atoms with Crippen LogP contribution in [-0.2, 0) is 12.8 Å². The van der Waals surface area contributed by atoms with Gasteiger partial charge < -0.3 is 36.2 Å². The van der Waals surface area contributed by atoms with Gasteiger partial charge in [-0.1, -0.05) is 212 Å². The standard InChI is InChI=1S/C24H19OP.C24H20P.2C21H17NO4/c25-20-16-18-24(19-17-20)26(21-10-4-1-5-11-21,22-12-6-2-7-13-22)23-14-8-3-9-15-23;1-5-13-21(14-6-1)25(22-15-7-2-8-16-22,23-17-9-3-10-18-23)24-19-11-4-12-20-24;2*23-18-11-5-2-8-15(18)20(25)13-14-7-1-4-10-17(14)22-21(26)16-9-3-6-12-19(16)24/h1-19H;1-20H;2*1-12,23-24H,13H2,(H,22,26)/q;+1;;/p+1. The van der Waals surface area contributed by atoms with Crippen molar-refractivity contribution in [2.45, 2.75) is 12.8 Å². The first-order chi connectivity index (χ1) is 50.4. The number of aromatic hydroxyl groups is 5. The molecule has 506 valence electrons. The molecule has 14 rings (SSSR count). The van der Waals surface area contributed by atoms with Crippen LogP contribution >= 0.6 is 14.5 Å². The monoisotopic (exact) mass is 1390 g/mol. The topological polar surface area (TPSA) is 193 Å². The molecule has 0 fully saturated rings. The van der Waals surface area contributed by atoms with Crippen molar-refractivity contribution in [3.05, 3.63) is 416 Å². The van der Waals surface area contributed by atoms with Gasteiger partial charge in [-0.2, -0.15) is 0 Å². The highest BCUT2D eigenvalue weighted by atomic mass is 31.2. The summed E-state index contributed by atoms with van der Waals surface area (Å²) in [5.74, 6) is -1.54. The van der Waals surface area contributed by atoms with Crippen LogP contribution in [0.3, 0.4) is 0 Å². The van der Waals surface area contributed by atoms with Crippen LogP contribution in [0.4, 0.5) is 11.4 Å². The molecule has 0 aromatic heterocycles. The molecule has 2 amide bonds. The van der Waals surface area contributed by atoms with Crippen molar-refractivity contribution in [3.63, 3.8) is 0 Å². The third-order valence-electron chi connectivity index (χ3n) is 17.2. The van der Waals surface area contributed by atoms with Crippen molar-refractivity contribution < 1.29 is 44.7 Å². The third-order valence-corrected chi connectivity index (χ3v) is 25.8. The maximum Gasteiger partial charge on any atom is 0.259 e. The highest BCUT2D eigenvalue weighted by Crippen LogP contribution is 2.55. The third kappa shape index (κ3) is 17.1. The first kappa shape index (κ1) is 71.5. The fourth-order valence-electron chi connectivity index (χ4n) is 12.3. The van der Waals surface area contributed by atoms with Crippen LogP contribution in [0.5, 0.6) is 28.7 Å². The van der Waals surface area contributed by atoms with E-state index >= 15 is 0 Å². The number of Topliss-reactive ketones (excluding diaryl/α,β-unsaturated/α-hetero) is 2. The maximum atomic E-state index is 12.5. The molecule has 11 nitrogen and oxygen atoms in total. The molecule has 0 aliphatic carbocycles. The summed E-state index contributed by atoms with van der Waals surface area (Å²) in [6.45, 7) is 0. The Labute approximate surface area is 600 Å². The normalized spacial score (nSPS) is 10.8. The molecule has 103 heavy (non-hydrogen) atoms. The largest absolute Gasteiger partial charge is 0.508 e. The van der Waals surface area contributed by atoms with Gasteiger partial charge in [0, 0.05) is 24.2 Å². The summed E-state index contributed by atoms with van der Waals surface area (Å²) >= 11 is 0. The number of nitrogens with one attached hydrogen (secondary N) is 2. The number of rotatable bonds is 18. The average molecular weight is 1390 g/mol. The van der Waals surface area contributed by atoms with Crippen LogP contribution in [0, 0.1) is 0 Å². The van der Waals surface area contributed by atoms with Gasteiger partial charge in [0.2, 0.25) is 0 Å². The predicted octanol–water partition coefficient (Wildman–Crippen LogP) is 15.9. The Kier molecular flexibility index (Phi) is 24.2. The number of para-hydroxylation sites is 6. The van der Waals surface area contributed by atoms with E-state index in [1.54, 1.807) is 121 Å². The van der Waals surface area contributed by atoms with Crippen molar-refractivity contribution >= 4 is 91.7 Å². The Morgan fingerprint density at radius 2 is 0.427 bits per heavy atom. The molecule has 13 heteroatoms. The molecule has 14 aromatic carbocycles. The summed E-state index contributed by atoms with van der Waals surface area (Å²) in [4.78, 5) is 49.8. The Morgan fingerprint density at radius 3 is 0.680 bits per heavy atom. The minimum atomic E-state index is -2.04. The summed E-state index contributed by atoms with van der Waals surface area (Å²) in [5, 5.41) is 65.3. The number of carbonyl (C=O) groups excluding carboxylic acids is 4. The van der Waals surface area contributed by atoms with Crippen LogP contribution in [0.25, 0.3) is 0 Å². The molecular weight excluding hydrogens is 1310 g/mol. The smallest absolute Gasteiger partial charge is 0.259 e. The van der Waals surface area contributed by atoms with Crippen LogP contribution in [0.1, 0.15) is 52.6 Å². The van der Waals surface area contributed by atoms with E-state index in [1.165, 1.54) is 78.8 Å². The van der Waals surface area contributed by atoms with E-state index in [0.29, 0.717) is 28.3 Å². The average Bonchev–Trinajstić information content (AvgIpc) is 0.743. The number of ketones is 2. The van der Waals surface area contributed by atoms with Gasteiger partial charge in [0.1, 0.15) is 85.7 Å². The highest BCUT2D eigenvalue weighted by molar-refractivity contribution is 8.02. The van der Waals surface area contributed by atoms with Gasteiger partial charge in [-0.3, -0.25) is 19.2 Å². The SMILES string of the molecule is O=C(Cc1ccccc1NC(=O)c1ccccc1O)c1ccccc1O.O=C(Cc1ccccc1NC(=O)c1ccccc1O)c1ccccc1O.Oc1ccc([P+](c2ccccc2)(c2ccccc2)c2ccccc2)cc1.c1ccc([P+](c2ccccc2)(c2ccccc2)c2ccccc2)cc1. The number of carbonyl (C=O) groups is 4. The fourth-order valence-corrected chi connectivity index (χ4v) is 20.8. The van der Waals surface area contributed by atoms with Gasteiger partial charge in [-0.05, 0) is 181 Å². The summed E-state index contributed by atoms with van der Waals surface area (Å²) < 4.78 is 0. The van der Waals surface area contributed by atoms with Crippen LogP contribution in [0.15, 0.2) is 382 Å². The lowest BCUT2D eigenvalue weighted by Gasteiger charge is -2.27. The second kappa shape index (κ2) is 34.8. The highest BCUT2D eigenvalue weighted by Gasteiger charge is 2.49. The summed E-state index contributed by atoms with van der Waals surface area (Å²) in [6.07, 6.45) is 0.0452. The summed E-state index contributed by atoms with van der Waals surface area (Å²) in [5.41, 5.74) is 2.94. The first-order valence-electron chi connectivity index (χ1n) is 33.3. The first-order valence-corrected chi connectivity index (χ1v) is 36.9. The van der Waals surface area contributed by atoms with E-state index in [9.17, 15) is 44.7 Å². The van der Waals surface area contributed by atoms with Crippen LogP contribution < -0.4 is 53.1 Å². The quantitative estimate of drug-likeness (QED) is 0.0323. The second-order valence-electron chi connectivity index (χ2n) is 23.7. The summed E-state index contributed by atoms with van der Waals surface area (Å²) in [6, 6.07) is 123. The molecule has 0 saturated heterocycles. The number of hydrogen-bond donors (Lipinski definition) is 7.